The summed E-state index contributed by atoms with van der Waals surface area (Å²) in [7, 11) is 0. The molecule has 1 N–H and O–H groups in total. The van der Waals surface area contributed by atoms with E-state index < -0.39 is 0 Å². The van der Waals surface area contributed by atoms with Crippen LogP contribution in [0, 0.1) is 5.92 Å². The van der Waals surface area contributed by atoms with Crippen molar-refractivity contribution >= 4 is 0 Å². The quantitative estimate of drug-likeness (QED) is 0.492. The molecule has 1 saturated carbocycles. The lowest BCUT2D eigenvalue weighted by Crippen LogP contribution is -2.47. The van der Waals surface area contributed by atoms with Crippen LogP contribution in [0.5, 0.6) is 0 Å². The van der Waals surface area contributed by atoms with Crippen molar-refractivity contribution in [3.05, 3.63) is 0 Å². The van der Waals surface area contributed by atoms with E-state index in [1.807, 2.05) is 0 Å². The summed E-state index contributed by atoms with van der Waals surface area (Å²) in [5.41, 5.74) is 0. The summed E-state index contributed by atoms with van der Waals surface area (Å²) in [5.74, 6) is 0.509. The van der Waals surface area contributed by atoms with Crippen LogP contribution in [0.4, 0.5) is 0 Å². The zero-order valence-corrected chi connectivity index (χ0v) is 5.45. The number of fused-ring (bicyclic) bond motifs is 3. The minimum absolute atomic E-state index is 0.0266. The van der Waals surface area contributed by atoms with Gasteiger partial charge in [0.2, 0.25) is 0 Å². The largest absolute Gasteiger partial charge is 0.393 e. The molecule has 51 valence electrons. The lowest BCUT2D eigenvalue weighted by Gasteiger charge is -2.39. The van der Waals surface area contributed by atoms with E-state index in [2.05, 4.69) is 5.32 Å². The van der Waals surface area contributed by atoms with E-state index in [4.69, 9.17) is 0 Å². The molecule has 3 unspecified atom stereocenters. The third-order valence-electron chi connectivity index (χ3n) is 2.53. The van der Waals surface area contributed by atoms with E-state index in [1.54, 1.807) is 0 Å². The van der Waals surface area contributed by atoms with Gasteiger partial charge in [-0.2, -0.15) is 0 Å². The third-order valence-corrected chi connectivity index (χ3v) is 2.53. The topological polar surface area (TPSA) is 34.3 Å². The molecule has 0 spiro atoms. The fourth-order valence-corrected chi connectivity index (χ4v) is 1.85. The second-order valence-corrected chi connectivity index (χ2v) is 3.16. The Hall–Kier alpha value is -0.0800. The fraction of sp³-hybridized carbons (Fsp3) is 1.00. The maximum Gasteiger partial charge on any atom is 0.0596 e. The molecule has 3 rings (SSSR count). The molecule has 3 aliphatic rings. The minimum atomic E-state index is -0.0266. The lowest BCUT2D eigenvalue weighted by atomic mass is 9.79. The SMILES string of the molecule is OC1CC2CCC1C[N]2. The summed E-state index contributed by atoms with van der Waals surface area (Å²) in [6, 6.07) is 0.505. The van der Waals surface area contributed by atoms with E-state index in [9.17, 15) is 5.11 Å². The van der Waals surface area contributed by atoms with E-state index in [0.29, 0.717) is 12.0 Å². The molecule has 0 aromatic rings. The van der Waals surface area contributed by atoms with Crippen LogP contribution in [0.3, 0.4) is 0 Å². The standard InChI is InChI=1S/C7H12NO/c9-7-3-6-2-1-5(7)4-8-6/h5-7,9H,1-4H2. The van der Waals surface area contributed by atoms with Gasteiger partial charge in [0, 0.05) is 12.6 Å². The summed E-state index contributed by atoms with van der Waals surface area (Å²) in [6.45, 7) is 0.922. The fourth-order valence-electron chi connectivity index (χ4n) is 1.85. The van der Waals surface area contributed by atoms with Crippen LogP contribution in [0.25, 0.3) is 0 Å². The first-order valence-electron chi connectivity index (χ1n) is 3.71. The molecular formula is C7H12NO. The molecule has 0 aromatic carbocycles. The molecule has 2 heterocycles. The van der Waals surface area contributed by atoms with Gasteiger partial charge in [-0.1, -0.05) is 0 Å². The maximum absolute atomic E-state index is 9.34. The number of aliphatic hydroxyl groups excluding tert-OH is 1. The van der Waals surface area contributed by atoms with E-state index in [-0.39, 0.29) is 6.10 Å². The summed E-state index contributed by atoms with van der Waals surface area (Å²) in [6.07, 6.45) is 3.34. The Morgan fingerprint density at radius 2 is 2.22 bits per heavy atom. The highest BCUT2D eigenvalue weighted by Crippen LogP contribution is 2.29. The molecule has 0 aromatic heterocycles. The van der Waals surface area contributed by atoms with Crippen LogP contribution >= 0.6 is 0 Å². The highest BCUT2D eigenvalue weighted by atomic mass is 16.3. The van der Waals surface area contributed by atoms with Gasteiger partial charge in [0.25, 0.3) is 0 Å². The van der Waals surface area contributed by atoms with Crippen molar-refractivity contribution in [1.82, 2.24) is 5.32 Å². The van der Waals surface area contributed by atoms with Crippen molar-refractivity contribution in [2.45, 2.75) is 31.4 Å². The first-order chi connectivity index (χ1) is 4.36. The molecular weight excluding hydrogens is 114 g/mol. The smallest absolute Gasteiger partial charge is 0.0596 e. The third kappa shape index (κ3) is 0.864. The first kappa shape index (κ1) is 5.69. The molecule has 9 heavy (non-hydrogen) atoms. The van der Waals surface area contributed by atoms with Crippen LogP contribution in [0.15, 0.2) is 0 Å². The van der Waals surface area contributed by atoms with Crippen LogP contribution in [0.2, 0.25) is 0 Å². The Bertz CT molecular complexity index is 107. The van der Waals surface area contributed by atoms with Gasteiger partial charge in [-0.05, 0) is 25.2 Å². The van der Waals surface area contributed by atoms with E-state index in [0.717, 1.165) is 13.0 Å². The summed E-state index contributed by atoms with van der Waals surface area (Å²) >= 11 is 0. The number of hydrogen-bond acceptors (Lipinski definition) is 1. The molecule has 2 nitrogen and oxygen atoms in total. The van der Waals surface area contributed by atoms with E-state index >= 15 is 0 Å². The van der Waals surface area contributed by atoms with Gasteiger partial charge >= 0.3 is 0 Å². The Labute approximate surface area is 55.3 Å². The second-order valence-electron chi connectivity index (χ2n) is 3.16. The normalized spacial score (nSPS) is 49.7. The van der Waals surface area contributed by atoms with Crippen LogP contribution in [0.1, 0.15) is 19.3 Å². The number of piperidine rings is 2. The molecule has 3 atom stereocenters. The number of aliphatic hydroxyl groups is 1. The molecule has 1 radical (unpaired) electrons. The van der Waals surface area contributed by atoms with Crippen LogP contribution in [-0.4, -0.2) is 23.8 Å². The number of rotatable bonds is 0. The second kappa shape index (κ2) is 1.96. The molecule has 1 aliphatic carbocycles. The van der Waals surface area contributed by atoms with Gasteiger partial charge < -0.3 is 5.11 Å². The predicted molar refractivity (Wildman–Crippen MR) is 34.1 cm³/mol. The molecule has 2 bridgehead atoms. The zero-order chi connectivity index (χ0) is 6.27. The van der Waals surface area contributed by atoms with Crippen molar-refractivity contribution < 1.29 is 5.11 Å². The molecule has 2 heteroatoms. The first-order valence-corrected chi connectivity index (χ1v) is 3.71. The van der Waals surface area contributed by atoms with Crippen molar-refractivity contribution in [1.29, 1.82) is 0 Å². The van der Waals surface area contributed by atoms with Gasteiger partial charge in [-0.15, -0.1) is 0 Å². The monoisotopic (exact) mass is 126 g/mol. The predicted octanol–water partition coefficient (Wildman–Crippen LogP) is 0.134. The molecule has 2 aliphatic heterocycles. The van der Waals surface area contributed by atoms with Gasteiger partial charge in [-0.25, -0.2) is 5.32 Å². The Morgan fingerprint density at radius 1 is 1.33 bits per heavy atom. The Balaban J connectivity index is 2.06. The Morgan fingerprint density at radius 3 is 2.44 bits per heavy atom. The van der Waals surface area contributed by atoms with Crippen molar-refractivity contribution in [2.75, 3.05) is 6.54 Å². The summed E-state index contributed by atoms with van der Waals surface area (Å²) < 4.78 is 0. The zero-order valence-electron chi connectivity index (χ0n) is 5.45. The van der Waals surface area contributed by atoms with Crippen LogP contribution in [-0.2, 0) is 0 Å². The lowest BCUT2D eigenvalue weighted by molar-refractivity contribution is 0.0208. The highest BCUT2D eigenvalue weighted by Gasteiger charge is 2.34. The average Bonchev–Trinajstić information content (AvgIpc) is 1.90. The highest BCUT2D eigenvalue weighted by molar-refractivity contribution is 4.90. The van der Waals surface area contributed by atoms with Gasteiger partial charge in [0.15, 0.2) is 0 Å². The molecule has 3 fully saturated rings. The minimum Gasteiger partial charge on any atom is -0.393 e. The van der Waals surface area contributed by atoms with Gasteiger partial charge in [0.1, 0.15) is 0 Å². The van der Waals surface area contributed by atoms with Gasteiger partial charge in [-0.3, -0.25) is 0 Å². The van der Waals surface area contributed by atoms with Gasteiger partial charge in [0.05, 0.1) is 6.10 Å². The molecule has 2 saturated heterocycles. The number of nitrogens with zero attached hydrogens (tertiary/aromatic N) is 1. The van der Waals surface area contributed by atoms with Crippen molar-refractivity contribution in [3.63, 3.8) is 0 Å². The maximum atomic E-state index is 9.34. The van der Waals surface area contributed by atoms with Crippen molar-refractivity contribution in [2.24, 2.45) is 5.92 Å². The summed E-state index contributed by atoms with van der Waals surface area (Å²) in [4.78, 5) is 0. The summed E-state index contributed by atoms with van der Waals surface area (Å²) in [5, 5.41) is 13.7. The molecule has 0 amide bonds. The van der Waals surface area contributed by atoms with E-state index in [1.165, 1.54) is 12.8 Å². The Kier molecular flexibility index (Phi) is 1.24. The van der Waals surface area contributed by atoms with Crippen LogP contribution < -0.4 is 5.32 Å². The average molecular weight is 126 g/mol. The number of hydrogen-bond donors (Lipinski definition) is 1. The van der Waals surface area contributed by atoms with Crippen molar-refractivity contribution in [3.8, 4) is 0 Å².